The Labute approximate surface area is 145 Å². The van der Waals surface area contributed by atoms with Crippen LogP contribution in [-0.2, 0) is 19.3 Å². The van der Waals surface area contributed by atoms with Crippen molar-refractivity contribution in [1.82, 2.24) is 30.3 Å². The van der Waals surface area contributed by atoms with Gasteiger partial charge in [0.1, 0.15) is 12.2 Å². The molecule has 4 rings (SSSR count). The topological polar surface area (TPSA) is 88.5 Å². The maximum atomic E-state index is 12.6. The Kier molecular flexibility index (Phi) is 4.05. The van der Waals surface area contributed by atoms with E-state index in [0.29, 0.717) is 18.7 Å². The maximum Gasteiger partial charge on any atom is 0.272 e. The van der Waals surface area contributed by atoms with Crippen molar-refractivity contribution < 1.29 is 4.79 Å². The zero-order chi connectivity index (χ0) is 17.2. The van der Waals surface area contributed by atoms with Gasteiger partial charge in [0.15, 0.2) is 5.69 Å². The molecule has 0 unspecified atom stereocenters. The highest BCUT2D eigenvalue weighted by Crippen LogP contribution is 2.28. The van der Waals surface area contributed by atoms with Crippen molar-refractivity contribution in [2.45, 2.75) is 32.6 Å². The number of aromatic amines is 1. The van der Waals surface area contributed by atoms with Gasteiger partial charge in [0.25, 0.3) is 5.91 Å². The van der Waals surface area contributed by atoms with Gasteiger partial charge >= 0.3 is 0 Å². The predicted octanol–water partition coefficient (Wildman–Crippen LogP) is 1.76. The highest BCUT2D eigenvalue weighted by molar-refractivity contribution is 5.94. The average Bonchev–Trinajstić information content (AvgIpc) is 3.33. The number of hydrogen-bond acceptors (Lipinski definition) is 4. The summed E-state index contributed by atoms with van der Waals surface area (Å²) in [6.45, 7) is 2.57. The molecule has 0 spiro atoms. The fourth-order valence-electron chi connectivity index (χ4n) is 3.35. The van der Waals surface area contributed by atoms with Crippen molar-refractivity contribution in [2.75, 3.05) is 6.54 Å². The first-order valence-corrected chi connectivity index (χ1v) is 8.53. The number of aryl methyl sites for hydroxylation is 1. The molecule has 2 aromatic heterocycles. The zero-order valence-corrected chi connectivity index (χ0v) is 14.1. The van der Waals surface area contributed by atoms with E-state index in [-0.39, 0.29) is 5.91 Å². The van der Waals surface area contributed by atoms with Gasteiger partial charge < -0.3 is 5.32 Å². The summed E-state index contributed by atoms with van der Waals surface area (Å²) in [7, 11) is 0. The third-order valence-electron chi connectivity index (χ3n) is 4.60. The van der Waals surface area contributed by atoms with Gasteiger partial charge in [-0.2, -0.15) is 10.2 Å². The molecule has 1 aliphatic carbocycles. The van der Waals surface area contributed by atoms with Gasteiger partial charge in [-0.3, -0.25) is 9.89 Å². The van der Waals surface area contributed by atoms with Crippen LogP contribution in [0.5, 0.6) is 0 Å². The van der Waals surface area contributed by atoms with Crippen LogP contribution in [0.1, 0.15) is 39.6 Å². The number of fused-ring (bicyclic) bond motifs is 1. The van der Waals surface area contributed by atoms with Crippen molar-refractivity contribution in [3.63, 3.8) is 0 Å². The van der Waals surface area contributed by atoms with Crippen molar-refractivity contribution in [1.29, 1.82) is 0 Å². The minimum atomic E-state index is -0.120. The number of nitrogens with zero attached hydrogens (tertiary/aromatic N) is 4. The lowest BCUT2D eigenvalue weighted by molar-refractivity contribution is 0.0947. The summed E-state index contributed by atoms with van der Waals surface area (Å²) >= 11 is 0. The second kappa shape index (κ2) is 6.51. The molecule has 0 saturated heterocycles. The fourth-order valence-corrected chi connectivity index (χ4v) is 3.35. The van der Waals surface area contributed by atoms with Gasteiger partial charge in [-0.1, -0.05) is 18.2 Å². The fraction of sp³-hybridized carbons (Fsp3) is 0.333. The van der Waals surface area contributed by atoms with Crippen LogP contribution in [0.15, 0.2) is 30.6 Å². The van der Waals surface area contributed by atoms with E-state index in [9.17, 15) is 4.79 Å². The minimum absolute atomic E-state index is 0.120. The lowest BCUT2D eigenvalue weighted by atomic mass is 10.2. The molecule has 25 heavy (non-hydrogen) atoms. The van der Waals surface area contributed by atoms with Gasteiger partial charge in [0, 0.05) is 24.2 Å². The number of aromatic nitrogens is 5. The quantitative estimate of drug-likeness (QED) is 0.743. The van der Waals surface area contributed by atoms with Gasteiger partial charge in [-0.25, -0.2) is 9.67 Å². The van der Waals surface area contributed by atoms with E-state index < -0.39 is 0 Å². The number of hydrogen-bond donors (Lipinski definition) is 2. The molecule has 2 N–H and O–H groups in total. The molecule has 3 aromatic rings. The number of para-hydroxylation sites is 1. The monoisotopic (exact) mass is 336 g/mol. The van der Waals surface area contributed by atoms with E-state index in [0.717, 1.165) is 47.6 Å². The molecule has 0 bridgehead atoms. The summed E-state index contributed by atoms with van der Waals surface area (Å²) in [5, 5.41) is 14.2. The summed E-state index contributed by atoms with van der Waals surface area (Å²) in [6.07, 6.45) is 5.02. The Hall–Kier alpha value is -2.96. The summed E-state index contributed by atoms with van der Waals surface area (Å²) in [6, 6.07) is 8.13. The van der Waals surface area contributed by atoms with Crippen molar-refractivity contribution in [3.05, 3.63) is 58.9 Å². The van der Waals surface area contributed by atoms with E-state index in [2.05, 4.69) is 38.6 Å². The smallest absolute Gasteiger partial charge is 0.272 e. The third kappa shape index (κ3) is 2.93. The van der Waals surface area contributed by atoms with Crippen molar-refractivity contribution in [3.8, 4) is 5.69 Å². The Morgan fingerprint density at radius 3 is 3.00 bits per heavy atom. The standard InChI is InChI=1S/C18H20N6O/c1-12-5-2-3-7-14(12)24-15-8-4-6-13(15)17(23-24)18(25)19-10-9-16-20-11-21-22-16/h2-3,5,7,11H,4,6,8-10H2,1H3,(H,19,25)(H,20,21,22). The number of benzene rings is 1. The average molecular weight is 336 g/mol. The van der Waals surface area contributed by atoms with Crippen LogP contribution in [-0.4, -0.2) is 37.4 Å². The Bertz CT molecular complexity index is 896. The van der Waals surface area contributed by atoms with Crippen LogP contribution in [0.2, 0.25) is 0 Å². The summed E-state index contributed by atoms with van der Waals surface area (Å²) in [4.78, 5) is 16.7. The predicted molar refractivity (Wildman–Crippen MR) is 92.7 cm³/mol. The van der Waals surface area contributed by atoms with E-state index >= 15 is 0 Å². The number of rotatable bonds is 5. The van der Waals surface area contributed by atoms with E-state index in [1.807, 2.05) is 22.9 Å². The first-order valence-electron chi connectivity index (χ1n) is 8.53. The Morgan fingerprint density at radius 2 is 2.20 bits per heavy atom. The molecule has 0 atom stereocenters. The Balaban J connectivity index is 1.57. The molecule has 7 nitrogen and oxygen atoms in total. The Morgan fingerprint density at radius 1 is 1.32 bits per heavy atom. The molecule has 2 heterocycles. The van der Waals surface area contributed by atoms with Gasteiger partial charge in [-0.15, -0.1) is 0 Å². The first kappa shape index (κ1) is 15.6. The van der Waals surface area contributed by atoms with Crippen LogP contribution in [0.4, 0.5) is 0 Å². The molecule has 0 fully saturated rings. The number of carbonyl (C=O) groups excluding carboxylic acids is 1. The van der Waals surface area contributed by atoms with Gasteiger partial charge in [-0.05, 0) is 37.8 Å². The van der Waals surface area contributed by atoms with Crippen molar-refractivity contribution in [2.24, 2.45) is 0 Å². The number of H-pyrrole nitrogens is 1. The SMILES string of the molecule is Cc1ccccc1-n1nc(C(=O)NCCc2ncn[nH]2)c2c1CCC2. The van der Waals surface area contributed by atoms with Gasteiger partial charge in [0.05, 0.1) is 5.69 Å². The largest absolute Gasteiger partial charge is 0.350 e. The molecular weight excluding hydrogens is 316 g/mol. The molecule has 1 amide bonds. The van der Waals surface area contributed by atoms with Crippen molar-refractivity contribution >= 4 is 5.91 Å². The normalized spacial score (nSPS) is 13.0. The second-order valence-electron chi connectivity index (χ2n) is 6.26. The number of carbonyl (C=O) groups is 1. The molecule has 1 aliphatic rings. The molecule has 7 heteroatoms. The number of amides is 1. The first-order chi connectivity index (χ1) is 12.2. The second-order valence-corrected chi connectivity index (χ2v) is 6.26. The van der Waals surface area contributed by atoms with Gasteiger partial charge in [0.2, 0.25) is 0 Å². The molecule has 0 radical (unpaired) electrons. The molecule has 128 valence electrons. The van der Waals surface area contributed by atoms with Crippen LogP contribution in [0.3, 0.4) is 0 Å². The summed E-state index contributed by atoms with van der Waals surface area (Å²) in [5.74, 6) is 0.640. The zero-order valence-electron chi connectivity index (χ0n) is 14.1. The van der Waals surface area contributed by atoms with Crippen LogP contribution in [0.25, 0.3) is 5.69 Å². The van der Waals surface area contributed by atoms with E-state index in [1.165, 1.54) is 6.33 Å². The molecule has 0 aliphatic heterocycles. The molecule has 1 aromatic carbocycles. The van der Waals surface area contributed by atoms with E-state index in [1.54, 1.807) is 0 Å². The summed E-state index contributed by atoms with van der Waals surface area (Å²) in [5.41, 5.74) is 4.99. The van der Waals surface area contributed by atoms with E-state index in [4.69, 9.17) is 0 Å². The number of nitrogens with one attached hydrogen (secondary N) is 2. The third-order valence-corrected chi connectivity index (χ3v) is 4.60. The van der Waals surface area contributed by atoms with Crippen LogP contribution in [0, 0.1) is 6.92 Å². The molecule has 0 saturated carbocycles. The lowest BCUT2D eigenvalue weighted by Crippen LogP contribution is -2.27. The minimum Gasteiger partial charge on any atom is -0.350 e. The maximum absolute atomic E-state index is 12.6. The highest BCUT2D eigenvalue weighted by Gasteiger charge is 2.27. The molecular formula is C18H20N6O. The highest BCUT2D eigenvalue weighted by atomic mass is 16.1. The lowest BCUT2D eigenvalue weighted by Gasteiger charge is -2.08. The van der Waals surface area contributed by atoms with Crippen LogP contribution < -0.4 is 5.32 Å². The van der Waals surface area contributed by atoms with Crippen LogP contribution >= 0.6 is 0 Å². The summed E-state index contributed by atoms with van der Waals surface area (Å²) < 4.78 is 1.95.